The molecule has 0 aliphatic carbocycles. The van der Waals surface area contributed by atoms with E-state index in [1.807, 2.05) is 47.1 Å². The standard InChI is InChI=1S/C19H16ClN5O/c1-24(11-15-12-25-9-3-2-4-18(25)21-15)19(26)17-10-16(22-23-17)13-5-7-14(20)8-6-13/h2-10,12H,11H2,1H3,(H,22,23). The van der Waals surface area contributed by atoms with Crippen LogP contribution in [0.1, 0.15) is 16.2 Å². The second kappa shape index (κ2) is 6.65. The highest BCUT2D eigenvalue weighted by atomic mass is 35.5. The first-order valence-corrected chi connectivity index (χ1v) is 8.47. The first-order chi connectivity index (χ1) is 12.6. The largest absolute Gasteiger partial charge is 0.334 e. The third-order valence-electron chi connectivity index (χ3n) is 4.11. The van der Waals surface area contributed by atoms with Gasteiger partial charge in [0.05, 0.1) is 17.9 Å². The predicted octanol–water partition coefficient (Wildman–Crippen LogP) is 3.65. The van der Waals surface area contributed by atoms with E-state index in [9.17, 15) is 4.79 Å². The number of fused-ring (bicyclic) bond motifs is 1. The summed E-state index contributed by atoms with van der Waals surface area (Å²) < 4.78 is 1.93. The van der Waals surface area contributed by atoms with Crippen LogP contribution in [-0.4, -0.2) is 37.4 Å². The summed E-state index contributed by atoms with van der Waals surface area (Å²) in [6.45, 7) is 0.413. The maximum Gasteiger partial charge on any atom is 0.271 e. The number of benzene rings is 1. The van der Waals surface area contributed by atoms with E-state index in [1.54, 1.807) is 30.1 Å². The van der Waals surface area contributed by atoms with Gasteiger partial charge in [-0.05, 0) is 30.3 Å². The fourth-order valence-electron chi connectivity index (χ4n) is 2.78. The Morgan fingerprint density at radius 1 is 1.23 bits per heavy atom. The monoisotopic (exact) mass is 365 g/mol. The molecule has 0 unspecified atom stereocenters. The SMILES string of the molecule is CN(Cc1cn2ccccc2n1)C(=O)c1cc(-c2ccc(Cl)cc2)n[nH]1. The minimum Gasteiger partial charge on any atom is -0.334 e. The van der Waals surface area contributed by atoms with E-state index < -0.39 is 0 Å². The van der Waals surface area contributed by atoms with Crippen LogP contribution in [0, 0.1) is 0 Å². The Kier molecular flexibility index (Phi) is 4.18. The molecule has 1 N–H and O–H groups in total. The number of carbonyl (C=O) groups excluding carboxylic acids is 1. The van der Waals surface area contributed by atoms with Gasteiger partial charge in [-0.2, -0.15) is 5.10 Å². The van der Waals surface area contributed by atoms with E-state index in [0.29, 0.717) is 23.0 Å². The summed E-state index contributed by atoms with van der Waals surface area (Å²) in [5.41, 5.74) is 3.71. The Bertz CT molecular complexity index is 1030. The average Bonchev–Trinajstić information content (AvgIpc) is 3.28. The van der Waals surface area contributed by atoms with Crippen molar-refractivity contribution in [3.05, 3.63) is 77.3 Å². The van der Waals surface area contributed by atoms with E-state index in [2.05, 4.69) is 15.2 Å². The Labute approximate surface area is 155 Å². The Morgan fingerprint density at radius 3 is 2.81 bits per heavy atom. The highest BCUT2D eigenvalue weighted by molar-refractivity contribution is 6.30. The van der Waals surface area contributed by atoms with E-state index in [-0.39, 0.29) is 5.91 Å². The lowest BCUT2D eigenvalue weighted by atomic mass is 10.1. The lowest BCUT2D eigenvalue weighted by Gasteiger charge is -2.14. The summed E-state index contributed by atoms with van der Waals surface area (Å²) in [5.74, 6) is -0.144. The second-order valence-corrected chi connectivity index (χ2v) is 6.47. The maximum absolute atomic E-state index is 12.7. The molecule has 4 aromatic rings. The van der Waals surface area contributed by atoms with Crippen LogP contribution in [0.15, 0.2) is 60.9 Å². The van der Waals surface area contributed by atoms with Gasteiger partial charge in [-0.15, -0.1) is 0 Å². The molecule has 7 heteroatoms. The molecule has 0 saturated heterocycles. The molecule has 3 aromatic heterocycles. The van der Waals surface area contributed by atoms with Crippen LogP contribution in [0.5, 0.6) is 0 Å². The van der Waals surface area contributed by atoms with Crippen molar-refractivity contribution in [3.8, 4) is 11.3 Å². The fourth-order valence-corrected chi connectivity index (χ4v) is 2.91. The van der Waals surface area contributed by atoms with Crippen molar-refractivity contribution >= 4 is 23.2 Å². The number of nitrogens with one attached hydrogen (secondary N) is 1. The van der Waals surface area contributed by atoms with Gasteiger partial charge in [-0.3, -0.25) is 9.89 Å². The minimum atomic E-state index is -0.144. The normalized spacial score (nSPS) is 11.0. The van der Waals surface area contributed by atoms with E-state index >= 15 is 0 Å². The summed E-state index contributed by atoms with van der Waals surface area (Å²) in [7, 11) is 1.75. The molecule has 0 spiro atoms. The van der Waals surface area contributed by atoms with E-state index in [0.717, 1.165) is 16.9 Å². The number of carbonyl (C=O) groups is 1. The zero-order valence-electron chi connectivity index (χ0n) is 14.1. The van der Waals surface area contributed by atoms with Crippen LogP contribution < -0.4 is 0 Å². The van der Waals surface area contributed by atoms with Crippen molar-refractivity contribution in [1.82, 2.24) is 24.5 Å². The Balaban J connectivity index is 1.50. The summed E-state index contributed by atoms with van der Waals surface area (Å²) in [6.07, 6.45) is 3.85. The first-order valence-electron chi connectivity index (χ1n) is 8.09. The topological polar surface area (TPSA) is 66.3 Å². The van der Waals surface area contributed by atoms with E-state index in [1.165, 1.54) is 0 Å². The molecule has 1 aromatic carbocycles. The smallest absolute Gasteiger partial charge is 0.271 e. The van der Waals surface area contributed by atoms with Crippen LogP contribution in [0.4, 0.5) is 0 Å². The zero-order valence-corrected chi connectivity index (χ0v) is 14.8. The quantitative estimate of drug-likeness (QED) is 0.600. The third kappa shape index (κ3) is 3.19. The number of rotatable bonds is 4. The molecule has 0 fully saturated rings. The van der Waals surface area contributed by atoms with Gasteiger partial charge in [0.2, 0.25) is 0 Å². The van der Waals surface area contributed by atoms with Crippen molar-refractivity contribution in [2.75, 3.05) is 7.05 Å². The van der Waals surface area contributed by atoms with Gasteiger partial charge in [0.15, 0.2) is 0 Å². The predicted molar refractivity (Wildman–Crippen MR) is 100 cm³/mol. The summed E-state index contributed by atoms with van der Waals surface area (Å²) in [4.78, 5) is 18.8. The molecule has 130 valence electrons. The highest BCUT2D eigenvalue weighted by Crippen LogP contribution is 2.20. The number of hydrogen-bond donors (Lipinski definition) is 1. The number of aromatic nitrogens is 4. The number of amides is 1. The summed E-state index contributed by atoms with van der Waals surface area (Å²) >= 11 is 5.91. The van der Waals surface area contributed by atoms with Crippen molar-refractivity contribution in [3.63, 3.8) is 0 Å². The number of pyridine rings is 1. The van der Waals surface area contributed by atoms with Gasteiger partial charge < -0.3 is 9.30 Å². The van der Waals surface area contributed by atoms with E-state index in [4.69, 9.17) is 11.6 Å². The van der Waals surface area contributed by atoms with Gasteiger partial charge in [-0.25, -0.2) is 4.98 Å². The third-order valence-corrected chi connectivity index (χ3v) is 4.36. The number of halogens is 1. The molecule has 4 rings (SSSR count). The van der Waals surface area contributed by atoms with Crippen LogP contribution in [-0.2, 0) is 6.54 Å². The summed E-state index contributed by atoms with van der Waals surface area (Å²) in [5, 5.41) is 7.70. The van der Waals surface area contributed by atoms with Crippen LogP contribution in [0.3, 0.4) is 0 Å². The molecular formula is C19H16ClN5O. The van der Waals surface area contributed by atoms with Gasteiger partial charge in [0.25, 0.3) is 5.91 Å². The number of H-pyrrole nitrogens is 1. The average molecular weight is 366 g/mol. The highest BCUT2D eigenvalue weighted by Gasteiger charge is 2.17. The number of hydrogen-bond acceptors (Lipinski definition) is 3. The molecule has 0 bridgehead atoms. The van der Waals surface area contributed by atoms with Gasteiger partial charge in [0.1, 0.15) is 11.3 Å². The lowest BCUT2D eigenvalue weighted by molar-refractivity contribution is 0.0778. The maximum atomic E-state index is 12.7. The molecule has 0 aliphatic heterocycles. The molecule has 26 heavy (non-hydrogen) atoms. The van der Waals surface area contributed by atoms with Gasteiger partial charge in [0, 0.05) is 30.0 Å². The number of nitrogens with zero attached hydrogens (tertiary/aromatic N) is 4. The molecule has 1 amide bonds. The first kappa shape index (κ1) is 16.4. The Hall–Kier alpha value is -3.12. The lowest BCUT2D eigenvalue weighted by Crippen LogP contribution is -2.26. The van der Waals surface area contributed by atoms with Crippen molar-refractivity contribution < 1.29 is 4.79 Å². The summed E-state index contributed by atoms with van der Waals surface area (Å²) in [6, 6.07) is 14.9. The molecular weight excluding hydrogens is 350 g/mol. The van der Waals surface area contributed by atoms with Crippen molar-refractivity contribution in [2.45, 2.75) is 6.54 Å². The van der Waals surface area contributed by atoms with Gasteiger partial charge in [-0.1, -0.05) is 29.8 Å². The van der Waals surface area contributed by atoms with Crippen molar-refractivity contribution in [1.29, 1.82) is 0 Å². The number of aromatic amines is 1. The molecule has 3 heterocycles. The zero-order chi connectivity index (χ0) is 18.1. The second-order valence-electron chi connectivity index (χ2n) is 6.03. The van der Waals surface area contributed by atoms with Crippen LogP contribution in [0.25, 0.3) is 16.9 Å². The fraction of sp³-hybridized carbons (Fsp3) is 0.105. The van der Waals surface area contributed by atoms with Crippen LogP contribution >= 0.6 is 11.6 Å². The minimum absolute atomic E-state index is 0.144. The molecule has 0 aliphatic rings. The molecule has 6 nitrogen and oxygen atoms in total. The Morgan fingerprint density at radius 2 is 2.04 bits per heavy atom. The van der Waals surface area contributed by atoms with Crippen LogP contribution in [0.2, 0.25) is 5.02 Å². The van der Waals surface area contributed by atoms with Crippen molar-refractivity contribution in [2.24, 2.45) is 0 Å². The number of imidazole rings is 1. The molecule has 0 radical (unpaired) electrons. The molecule has 0 saturated carbocycles. The van der Waals surface area contributed by atoms with Gasteiger partial charge >= 0.3 is 0 Å². The molecule has 0 atom stereocenters.